The highest BCUT2D eigenvalue weighted by atomic mass is 32.1. The lowest BCUT2D eigenvalue weighted by Gasteiger charge is -2.05. The molecule has 0 radical (unpaired) electrons. The Bertz CT molecular complexity index is 796. The first-order chi connectivity index (χ1) is 12.0. The molecule has 0 unspecified atom stereocenters. The van der Waals surface area contributed by atoms with E-state index in [1.165, 1.54) is 18.2 Å². The second kappa shape index (κ2) is 8.74. The van der Waals surface area contributed by atoms with Gasteiger partial charge in [0.15, 0.2) is 0 Å². The zero-order valence-corrected chi connectivity index (χ0v) is 14.2. The van der Waals surface area contributed by atoms with Crippen molar-refractivity contribution in [2.24, 2.45) is 0 Å². The molecule has 1 aromatic heterocycles. The zero-order valence-electron chi connectivity index (χ0n) is 13.4. The summed E-state index contributed by atoms with van der Waals surface area (Å²) in [6, 6.07) is 9.30. The molecule has 0 aliphatic carbocycles. The lowest BCUT2D eigenvalue weighted by atomic mass is 10.2. The van der Waals surface area contributed by atoms with Crippen molar-refractivity contribution in [2.75, 3.05) is 11.9 Å². The van der Waals surface area contributed by atoms with Gasteiger partial charge in [0.2, 0.25) is 5.91 Å². The van der Waals surface area contributed by atoms with Crippen LogP contribution in [-0.2, 0) is 9.53 Å². The molecule has 7 nitrogen and oxygen atoms in total. The molecule has 1 heterocycles. The number of esters is 1. The van der Waals surface area contributed by atoms with Crippen molar-refractivity contribution in [3.05, 3.63) is 63.0 Å². The van der Waals surface area contributed by atoms with Gasteiger partial charge in [-0.2, -0.15) is 0 Å². The first kappa shape index (κ1) is 18.3. The Morgan fingerprint density at radius 2 is 1.96 bits per heavy atom. The number of hydrogen-bond acceptors (Lipinski definition) is 6. The van der Waals surface area contributed by atoms with Crippen LogP contribution in [0.4, 0.5) is 10.7 Å². The molecule has 2 aromatic rings. The topological polar surface area (TPSA) is 98.5 Å². The summed E-state index contributed by atoms with van der Waals surface area (Å²) in [4.78, 5) is 34.3. The number of hydrogen-bond donors (Lipinski definition) is 1. The maximum Gasteiger partial charge on any atom is 0.338 e. The fourth-order valence-corrected chi connectivity index (χ4v) is 2.56. The highest BCUT2D eigenvalue weighted by molar-refractivity contribution is 7.16. The second-order valence-electron chi connectivity index (χ2n) is 4.97. The number of anilines is 1. The Morgan fingerprint density at radius 3 is 2.56 bits per heavy atom. The van der Waals surface area contributed by atoms with Crippen molar-refractivity contribution in [1.29, 1.82) is 0 Å². The molecule has 25 heavy (non-hydrogen) atoms. The quantitative estimate of drug-likeness (QED) is 0.350. The largest absolute Gasteiger partial charge is 0.462 e. The van der Waals surface area contributed by atoms with Crippen LogP contribution in [0.1, 0.15) is 28.6 Å². The monoisotopic (exact) mass is 360 g/mol. The van der Waals surface area contributed by atoms with Crippen molar-refractivity contribution in [2.45, 2.75) is 13.3 Å². The minimum Gasteiger partial charge on any atom is -0.462 e. The first-order valence-corrected chi connectivity index (χ1v) is 8.31. The molecule has 2 rings (SSSR count). The number of rotatable bonds is 7. The molecule has 0 bridgehead atoms. The van der Waals surface area contributed by atoms with E-state index in [4.69, 9.17) is 4.74 Å². The Balaban J connectivity index is 1.92. The number of carbonyl (C=O) groups excluding carboxylic acids is 2. The number of thiophene rings is 1. The third kappa shape index (κ3) is 5.54. The third-order valence-corrected chi connectivity index (χ3v) is 4.02. The highest BCUT2D eigenvalue weighted by Gasteiger charge is 2.09. The summed E-state index contributed by atoms with van der Waals surface area (Å²) in [5, 5.41) is 13.3. The second-order valence-corrected chi connectivity index (χ2v) is 6.06. The normalized spacial score (nSPS) is 10.6. The summed E-state index contributed by atoms with van der Waals surface area (Å²) >= 11 is 0.984. The Hall–Kier alpha value is -3.00. The van der Waals surface area contributed by atoms with E-state index < -0.39 is 10.9 Å². The van der Waals surface area contributed by atoms with E-state index in [0.29, 0.717) is 22.7 Å². The van der Waals surface area contributed by atoms with Crippen molar-refractivity contribution in [1.82, 2.24) is 0 Å². The molecular weight excluding hydrogens is 344 g/mol. The molecule has 0 aliphatic heterocycles. The van der Waals surface area contributed by atoms with Crippen LogP contribution in [0.2, 0.25) is 0 Å². The lowest BCUT2D eigenvalue weighted by Crippen LogP contribution is -2.09. The fraction of sp³-hybridized carbons (Fsp3) is 0.176. The SMILES string of the molecule is CCCOC(=O)c1ccc(NC(=O)/C=C/c2ccc([N+](=O)[O-])s2)cc1. The predicted molar refractivity (Wildman–Crippen MR) is 95.7 cm³/mol. The summed E-state index contributed by atoms with van der Waals surface area (Å²) in [6.45, 7) is 2.27. The van der Waals surface area contributed by atoms with E-state index in [-0.39, 0.29) is 10.9 Å². The number of nitrogens with one attached hydrogen (secondary N) is 1. The van der Waals surface area contributed by atoms with Crippen LogP contribution in [0.15, 0.2) is 42.5 Å². The van der Waals surface area contributed by atoms with Crippen molar-refractivity contribution in [3.8, 4) is 0 Å². The van der Waals surface area contributed by atoms with Gasteiger partial charge < -0.3 is 10.1 Å². The number of nitrogens with zero attached hydrogens (tertiary/aromatic N) is 1. The van der Waals surface area contributed by atoms with E-state index in [0.717, 1.165) is 17.8 Å². The molecule has 1 N–H and O–H groups in total. The summed E-state index contributed by atoms with van der Waals surface area (Å²) in [5.74, 6) is -0.781. The number of amides is 1. The van der Waals surface area contributed by atoms with Gasteiger partial charge in [0.1, 0.15) is 0 Å². The van der Waals surface area contributed by atoms with Gasteiger partial charge in [-0.05, 0) is 42.8 Å². The van der Waals surface area contributed by atoms with Crippen molar-refractivity contribution in [3.63, 3.8) is 0 Å². The molecule has 0 atom stereocenters. The first-order valence-electron chi connectivity index (χ1n) is 7.50. The van der Waals surface area contributed by atoms with Crippen LogP contribution < -0.4 is 5.32 Å². The van der Waals surface area contributed by atoms with Gasteiger partial charge in [0.05, 0.1) is 17.1 Å². The minimum atomic E-state index is -0.477. The minimum absolute atomic E-state index is 0.0191. The Kier molecular flexibility index (Phi) is 6.41. The molecule has 8 heteroatoms. The predicted octanol–water partition coefficient (Wildman–Crippen LogP) is 3.88. The van der Waals surface area contributed by atoms with Crippen molar-refractivity contribution >= 4 is 40.0 Å². The summed E-state index contributed by atoms with van der Waals surface area (Å²) in [6.07, 6.45) is 3.54. The summed E-state index contributed by atoms with van der Waals surface area (Å²) in [5.41, 5.74) is 0.937. The van der Waals surface area contributed by atoms with Crippen LogP contribution in [-0.4, -0.2) is 23.4 Å². The molecule has 1 aromatic carbocycles. The van der Waals surface area contributed by atoms with Crippen LogP contribution in [0.3, 0.4) is 0 Å². The average Bonchev–Trinajstić information content (AvgIpc) is 3.08. The highest BCUT2D eigenvalue weighted by Crippen LogP contribution is 2.24. The van der Waals surface area contributed by atoms with Gasteiger partial charge in [-0.15, -0.1) is 0 Å². The average molecular weight is 360 g/mol. The lowest BCUT2D eigenvalue weighted by molar-refractivity contribution is -0.380. The number of benzene rings is 1. The molecule has 0 spiro atoms. The molecule has 1 amide bonds. The Morgan fingerprint density at radius 1 is 1.24 bits per heavy atom. The standard InChI is InChI=1S/C17H16N2O5S/c1-2-11-24-17(21)12-3-5-13(6-4-12)18-15(20)9-7-14-8-10-16(25-14)19(22)23/h3-10H,2,11H2,1H3,(H,18,20)/b9-7+. The Labute approximate surface area is 148 Å². The van der Waals surface area contributed by atoms with E-state index >= 15 is 0 Å². The van der Waals surface area contributed by atoms with Gasteiger partial charge in [-0.1, -0.05) is 18.3 Å². The van der Waals surface area contributed by atoms with Crippen molar-refractivity contribution < 1.29 is 19.2 Å². The molecule has 130 valence electrons. The van der Waals surface area contributed by atoms with Gasteiger partial charge >= 0.3 is 11.0 Å². The molecule has 0 fully saturated rings. The number of nitro groups is 1. The fourth-order valence-electron chi connectivity index (χ4n) is 1.84. The van der Waals surface area contributed by atoms with Crippen LogP contribution in [0.25, 0.3) is 6.08 Å². The van der Waals surface area contributed by atoms with Gasteiger partial charge in [0.25, 0.3) is 0 Å². The van der Waals surface area contributed by atoms with Crippen LogP contribution >= 0.6 is 11.3 Å². The molecule has 0 aliphatic rings. The number of ether oxygens (including phenoxy) is 1. The van der Waals surface area contributed by atoms with E-state index in [9.17, 15) is 19.7 Å². The molecule has 0 saturated heterocycles. The molecular formula is C17H16N2O5S. The zero-order chi connectivity index (χ0) is 18.2. The van der Waals surface area contributed by atoms with E-state index in [1.807, 2.05) is 6.92 Å². The third-order valence-electron chi connectivity index (χ3n) is 3.02. The van der Waals surface area contributed by atoms with Crippen LogP contribution in [0.5, 0.6) is 0 Å². The van der Waals surface area contributed by atoms with Crippen LogP contribution in [0, 0.1) is 10.1 Å². The number of carbonyl (C=O) groups is 2. The van der Waals surface area contributed by atoms with Gasteiger partial charge in [-0.3, -0.25) is 14.9 Å². The smallest absolute Gasteiger partial charge is 0.338 e. The summed E-state index contributed by atoms with van der Waals surface area (Å²) < 4.78 is 5.02. The maximum atomic E-state index is 11.9. The van der Waals surface area contributed by atoms with Gasteiger partial charge in [-0.25, -0.2) is 4.79 Å². The van der Waals surface area contributed by atoms with E-state index in [2.05, 4.69) is 5.32 Å². The maximum absolute atomic E-state index is 11.9. The van der Waals surface area contributed by atoms with E-state index in [1.54, 1.807) is 30.3 Å². The summed E-state index contributed by atoms with van der Waals surface area (Å²) in [7, 11) is 0. The molecule has 0 saturated carbocycles. The van der Waals surface area contributed by atoms with Gasteiger partial charge in [0, 0.05) is 22.7 Å².